The standard InChI is InChI=1S/C19H22ClFN2O/c1-12(18(24)23-17-10-7-14(21)11-16(17)20)22-15-8-5-13(6-9-15)19(2,3)4/h5-12,22H,1-4H3,(H,23,24)/t12-/m0/s1. The van der Waals surface area contributed by atoms with Crippen molar-refractivity contribution < 1.29 is 9.18 Å². The van der Waals surface area contributed by atoms with Gasteiger partial charge in [0.1, 0.15) is 11.9 Å². The third kappa shape index (κ3) is 4.71. The van der Waals surface area contributed by atoms with Gasteiger partial charge >= 0.3 is 0 Å². The SMILES string of the molecule is C[C@H](Nc1ccc(C(C)(C)C)cc1)C(=O)Nc1ccc(F)cc1Cl. The van der Waals surface area contributed by atoms with Crippen LogP contribution >= 0.6 is 11.6 Å². The number of anilines is 2. The molecule has 2 aromatic carbocycles. The highest BCUT2D eigenvalue weighted by atomic mass is 35.5. The van der Waals surface area contributed by atoms with E-state index in [1.54, 1.807) is 6.92 Å². The summed E-state index contributed by atoms with van der Waals surface area (Å²) in [6, 6.07) is 11.4. The number of rotatable bonds is 4. The molecule has 128 valence electrons. The molecular formula is C19H22ClFN2O. The first-order chi connectivity index (χ1) is 11.2. The lowest BCUT2D eigenvalue weighted by atomic mass is 9.87. The van der Waals surface area contributed by atoms with Gasteiger partial charge in [0, 0.05) is 5.69 Å². The van der Waals surface area contributed by atoms with Crippen LogP contribution in [0.4, 0.5) is 15.8 Å². The van der Waals surface area contributed by atoms with Crippen LogP contribution in [-0.2, 0) is 10.2 Å². The number of halogens is 2. The van der Waals surface area contributed by atoms with E-state index in [1.165, 1.54) is 23.8 Å². The molecule has 3 nitrogen and oxygen atoms in total. The van der Waals surface area contributed by atoms with Crippen LogP contribution in [0.2, 0.25) is 5.02 Å². The van der Waals surface area contributed by atoms with Gasteiger partial charge in [-0.25, -0.2) is 4.39 Å². The third-order valence-corrected chi connectivity index (χ3v) is 4.03. The Morgan fingerprint density at radius 2 is 1.75 bits per heavy atom. The molecule has 2 N–H and O–H groups in total. The van der Waals surface area contributed by atoms with Crippen LogP contribution in [0.25, 0.3) is 0 Å². The summed E-state index contributed by atoms with van der Waals surface area (Å²) in [5.41, 5.74) is 2.56. The number of hydrogen-bond acceptors (Lipinski definition) is 2. The summed E-state index contributed by atoms with van der Waals surface area (Å²) in [5.74, 6) is -0.688. The van der Waals surface area contributed by atoms with Gasteiger partial charge in [-0.05, 0) is 48.2 Å². The Kier molecular flexibility index (Phi) is 5.50. The molecule has 0 bridgehead atoms. The number of carbonyl (C=O) groups excluding carboxylic acids is 1. The number of benzene rings is 2. The molecule has 24 heavy (non-hydrogen) atoms. The predicted octanol–water partition coefficient (Wildman–Crippen LogP) is 5.22. The quantitative estimate of drug-likeness (QED) is 0.795. The molecule has 0 fully saturated rings. The molecule has 0 aromatic heterocycles. The van der Waals surface area contributed by atoms with E-state index in [2.05, 4.69) is 31.4 Å². The lowest BCUT2D eigenvalue weighted by Crippen LogP contribution is -2.32. The van der Waals surface area contributed by atoms with Crippen molar-refractivity contribution in [3.05, 3.63) is 58.9 Å². The average molecular weight is 349 g/mol. The minimum Gasteiger partial charge on any atom is -0.374 e. The molecule has 5 heteroatoms. The first kappa shape index (κ1) is 18.3. The molecule has 0 saturated heterocycles. The zero-order valence-electron chi connectivity index (χ0n) is 14.3. The Morgan fingerprint density at radius 3 is 2.29 bits per heavy atom. The molecule has 2 aromatic rings. The number of nitrogens with one attached hydrogen (secondary N) is 2. The summed E-state index contributed by atoms with van der Waals surface area (Å²) < 4.78 is 13.0. The first-order valence-corrected chi connectivity index (χ1v) is 8.17. The van der Waals surface area contributed by atoms with E-state index in [0.29, 0.717) is 5.69 Å². The fraction of sp³-hybridized carbons (Fsp3) is 0.316. The van der Waals surface area contributed by atoms with E-state index in [4.69, 9.17) is 11.6 Å². The Balaban J connectivity index is 2.01. The van der Waals surface area contributed by atoms with Gasteiger partial charge in [-0.2, -0.15) is 0 Å². The summed E-state index contributed by atoms with van der Waals surface area (Å²) in [5, 5.41) is 6.01. The second-order valence-electron chi connectivity index (χ2n) is 6.81. The molecule has 0 aliphatic rings. The molecule has 2 rings (SSSR count). The average Bonchev–Trinajstić information content (AvgIpc) is 2.49. The van der Waals surface area contributed by atoms with Crippen LogP contribution in [0.15, 0.2) is 42.5 Å². The van der Waals surface area contributed by atoms with Crippen LogP contribution in [0.5, 0.6) is 0 Å². The first-order valence-electron chi connectivity index (χ1n) is 7.80. The van der Waals surface area contributed by atoms with E-state index >= 15 is 0 Å². The van der Waals surface area contributed by atoms with Crippen LogP contribution in [0, 0.1) is 5.82 Å². The molecule has 0 radical (unpaired) electrons. The van der Waals surface area contributed by atoms with Gasteiger partial charge in [-0.15, -0.1) is 0 Å². The van der Waals surface area contributed by atoms with E-state index < -0.39 is 11.9 Å². The van der Waals surface area contributed by atoms with Crippen LogP contribution in [0.1, 0.15) is 33.3 Å². The van der Waals surface area contributed by atoms with E-state index in [9.17, 15) is 9.18 Å². The normalized spacial score (nSPS) is 12.6. The summed E-state index contributed by atoms with van der Waals surface area (Å²) in [4.78, 5) is 12.3. The molecule has 0 unspecified atom stereocenters. The highest BCUT2D eigenvalue weighted by Gasteiger charge is 2.16. The second kappa shape index (κ2) is 7.22. The predicted molar refractivity (Wildman–Crippen MR) is 98.3 cm³/mol. The van der Waals surface area contributed by atoms with Gasteiger partial charge in [-0.3, -0.25) is 4.79 Å². The number of hydrogen-bond donors (Lipinski definition) is 2. The molecule has 0 saturated carbocycles. The number of carbonyl (C=O) groups is 1. The molecule has 0 aliphatic heterocycles. The van der Waals surface area contributed by atoms with Gasteiger partial charge in [0.25, 0.3) is 0 Å². The smallest absolute Gasteiger partial charge is 0.246 e. The summed E-state index contributed by atoms with van der Waals surface area (Å²) in [6.45, 7) is 8.21. The maximum atomic E-state index is 13.0. The maximum Gasteiger partial charge on any atom is 0.246 e. The lowest BCUT2D eigenvalue weighted by Gasteiger charge is -2.20. The Morgan fingerprint density at radius 1 is 1.12 bits per heavy atom. The maximum absolute atomic E-state index is 13.0. The minimum absolute atomic E-state index is 0.0842. The van der Waals surface area contributed by atoms with Gasteiger partial charge in [-0.1, -0.05) is 44.5 Å². The van der Waals surface area contributed by atoms with Gasteiger partial charge in [0.2, 0.25) is 5.91 Å². The van der Waals surface area contributed by atoms with Crippen LogP contribution in [-0.4, -0.2) is 11.9 Å². The fourth-order valence-corrected chi connectivity index (χ4v) is 2.43. The summed E-state index contributed by atoms with van der Waals surface area (Å²) >= 11 is 5.92. The third-order valence-electron chi connectivity index (χ3n) is 3.72. The molecule has 1 atom stereocenters. The van der Waals surface area contributed by atoms with E-state index in [1.807, 2.05) is 24.3 Å². The van der Waals surface area contributed by atoms with Crippen LogP contribution in [0.3, 0.4) is 0 Å². The van der Waals surface area contributed by atoms with Crippen molar-refractivity contribution in [2.24, 2.45) is 0 Å². The monoisotopic (exact) mass is 348 g/mol. The van der Waals surface area contributed by atoms with Crippen molar-refractivity contribution in [2.75, 3.05) is 10.6 Å². The van der Waals surface area contributed by atoms with Crippen molar-refractivity contribution in [3.8, 4) is 0 Å². The Labute approximate surface area is 147 Å². The fourth-order valence-electron chi connectivity index (χ4n) is 2.21. The molecule has 0 aliphatic carbocycles. The van der Waals surface area contributed by atoms with Crippen molar-refractivity contribution in [3.63, 3.8) is 0 Å². The van der Waals surface area contributed by atoms with Crippen LogP contribution < -0.4 is 10.6 Å². The van der Waals surface area contributed by atoms with Crippen molar-refractivity contribution >= 4 is 28.9 Å². The van der Waals surface area contributed by atoms with E-state index in [0.717, 1.165) is 5.69 Å². The summed E-state index contributed by atoms with van der Waals surface area (Å²) in [6.07, 6.45) is 0. The van der Waals surface area contributed by atoms with E-state index in [-0.39, 0.29) is 16.3 Å². The Hall–Kier alpha value is -2.07. The molecule has 0 spiro atoms. The number of amides is 1. The zero-order chi connectivity index (χ0) is 17.9. The summed E-state index contributed by atoms with van der Waals surface area (Å²) in [7, 11) is 0. The lowest BCUT2D eigenvalue weighted by molar-refractivity contribution is -0.116. The van der Waals surface area contributed by atoms with Gasteiger partial charge < -0.3 is 10.6 Å². The van der Waals surface area contributed by atoms with Gasteiger partial charge in [0.15, 0.2) is 0 Å². The van der Waals surface area contributed by atoms with Crippen molar-refractivity contribution in [2.45, 2.75) is 39.2 Å². The highest BCUT2D eigenvalue weighted by Crippen LogP contribution is 2.24. The van der Waals surface area contributed by atoms with Crippen molar-refractivity contribution in [1.29, 1.82) is 0 Å². The highest BCUT2D eigenvalue weighted by molar-refractivity contribution is 6.33. The van der Waals surface area contributed by atoms with Gasteiger partial charge in [0.05, 0.1) is 10.7 Å². The molecular weight excluding hydrogens is 327 g/mol. The van der Waals surface area contributed by atoms with Crippen molar-refractivity contribution in [1.82, 2.24) is 0 Å². The molecule has 1 amide bonds. The second-order valence-corrected chi connectivity index (χ2v) is 7.21. The largest absolute Gasteiger partial charge is 0.374 e. The minimum atomic E-state index is -0.466. The molecule has 0 heterocycles. The topological polar surface area (TPSA) is 41.1 Å². The Bertz CT molecular complexity index is 723. The zero-order valence-corrected chi connectivity index (χ0v) is 15.0.